The smallest absolute Gasteiger partial charge is 0.238 e. The highest BCUT2D eigenvalue weighted by Crippen LogP contribution is 2.18. The van der Waals surface area contributed by atoms with Crippen LogP contribution in [0.4, 0.5) is 5.69 Å². The highest BCUT2D eigenvalue weighted by atomic mass is 16.2. The minimum atomic E-state index is -0.0137. The zero-order valence-corrected chi connectivity index (χ0v) is 11.0. The summed E-state index contributed by atoms with van der Waals surface area (Å²) in [5.41, 5.74) is 7.67. The van der Waals surface area contributed by atoms with Gasteiger partial charge in [0.2, 0.25) is 5.91 Å². The Hall–Kier alpha value is -2.29. The molecule has 0 aliphatic heterocycles. The lowest BCUT2D eigenvalue weighted by Crippen LogP contribution is -2.30. The molecule has 0 aromatic heterocycles. The Morgan fingerprint density at radius 3 is 2.21 bits per heavy atom. The first-order valence-corrected chi connectivity index (χ1v) is 6.40. The molecule has 0 aliphatic carbocycles. The number of carbonyl (C=O) groups is 1. The summed E-state index contributed by atoms with van der Waals surface area (Å²) in [4.78, 5) is 11.8. The van der Waals surface area contributed by atoms with E-state index in [4.69, 9.17) is 0 Å². The van der Waals surface area contributed by atoms with Gasteiger partial charge >= 0.3 is 0 Å². The fourth-order valence-corrected chi connectivity index (χ4v) is 1.89. The van der Waals surface area contributed by atoms with Gasteiger partial charge in [0.25, 0.3) is 0 Å². The van der Waals surface area contributed by atoms with Crippen LogP contribution in [0.5, 0.6) is 0 Å². The molecule has 0 bridgehead atoms. The number of carbonyl (C=O) groups excluding carboxylic acids is 1. The monoisotopic (exact) mass is 254 g/mol. The van der Waals surface area contributed by atoms with Crippen LogP contribution in [0.25, 0.3) is 0 Å². The molecule has 0 saturated carbocycles. The first-order chi connectivity index (χ1) is 9.25. The molecule has 0 aliphatic rings. The summed E-state index contributed by atoms with van der Waals surface area (Å²) in [5.74, 6) is 0.193. The number of hydrazine groups is 1. The van der Waals surface area contributed by atoms with E-state index in [0.29, 0.717) is 6.42 Å². The van der Waals surface area contributed by atoms with Gasteiger partial charge in [0, 0.05) is 6.42 Å². The van der Waals surface area contributed by atoms with E-state index in [0.717, 1.165) is 5.69 Å². The van der Waals surface area contributed by atoms with Crippen molar-refractivity contribution in [3.8, 4) is 0 Å². The zero-order valence-electron chi connectivity index (χ0n) is 11.0. The van der Waals surface area contributed by atoms with Crippen LogP contribution < -0.4 is 10.9 Å². The van der Waals surface area contributed by atoms with Gasteiger partial charge in [0.1, 0.15) is 0 Å². The molecule has 2 rings (SSSR count). The first kappa shape index (κ1) is 13.1. The molecular weight excluding hydrogens is 236 g/mol. The molecule has 98 valence electrons. The van der Waals surface area contributed by atoms with Crippen molar-refractivity contribution in [2.24, 2.45) is 0 Å². The predicted molar refractivity (Wildman–Crippen MR) is 77.7 cm³/mol. The van der Waals surface area contributed by atoms with E-state index in [1.807, 2.05) is 60.7 Å². The molecule has 0 unspecified atom stereocenters. The van der Waals surface area contributed by atoms with E-state index < -0.39 is 0 Å². The number of rotatable bonds is 5. The minimum absolute atomic E-state index is 0.0137. The highest BCUT2D eigenvalue weighted by molar-refractivity contribution is 5.78. The van der Waals surface area contributed by atoms with Gasteiger partial charge in [-0.1, -0.05) is 55.5 Å². The van der Waals surface area contributed by atoms with Crippen molar-refractivity contribution in [3.05, 3.63) is 66.2 Å². The molecule has 0 fully saturated rings. The van der Waals surface area contributed by atoms with Crippen LogP contribution in [0.2, 0.25) is 0 Å². The number of hydrogen-bond donors (Lipinski definition) is 2. The second kappa shape index (κ2) is 6.59. The summed E-state index contributed by atoms with van der Waals surface area (Å²) >= 11 is 0. The Morgan fingerprint density at radius 1 is 1.00 bits per heavy atom. The van der Waals surface area contributed by atoms with Crippen molar-refractivity contribution >= 4 is 11.6 Å². The molecule has 3 nitrogen and oxygen atoms in total. The van der Waals surface area contributed by atoms with Crippen LogP contribution in [0.3, 0.4) is 0 Å². The first-order valence-electron chi connectivity index (χ1n) is 6.40. The largest absolute Gasteiger partial charge is 0.299 e. The normalized spacial score (nSPS) is 11.6. The fraction of sp³-hybridized carbons (Fsp3) is 0.188. The van der Waals surface area contributed by atoms with Crippen LogP contribution in [0, 0.1) is 0 Å². The van der Waals surface area contributed by atoms with Crippen LogP contribution in [-0.2, 0) is 4.79 Å². The Balaban J connectivity index is 1.82. The maximum Gasteiger partial charge on any atom is 0.238 e. The molecule has 3 heteroatoms. The minimum Gasteiger partial charge on any atom is -0.299 e. The lowest BCUT2D eigenvalue weighted by atomic mass is 9.98. The maximum absolute atomic E-state index is 11.8. The molecule has 2 N–H and O–H groups in total. The summed E-state index contributed by atoms with van der Waals surface area (Å²) in [7, 11) is 0. The second-order valence-electron chi connectivity index (χ2n) is 4.56. The number of anilines is 1. The number of benzene rings is 2. The number of nitrogens with one attached hydrogen (secondary N) is 2. The molecule has 19 heavy (non-hydrogen) atoms. The van der Waals surface area contributed by atoms with Gasteiger partial charge < -0.3 is 0 Å². The summed E-state index contributed by atoms with van der Waals surface area (Å²) in [6, 6.07) is 19.6. The average molecular weight is 254 g/mol. The third kappa shape index (κ3) is 4.14. The highest BCUT2D eigenvalue weighted by Gasteiger charge is 2.10. The lowest BCUT2D eigenvalue weighted by molar-refractivity contribution is -0.120. The standard InChI is InChI=1S/C16H18N2O/c1-13(14-8-4-2-5-9-14)12-16(19)18-17-15-10-6-3-7-11-15/h2-11,13,17H,12H2,1H3,(H,18,19)/t13-/m0/s1. The molecule has 0 radical (unpaired) electrons. The fourth-order valence-electron chi connectivity index (χ4n) is 1.89. The maximum atomic E-state index is 11.8. The van der Waals surface area contributed by atoms with Crippen LogP contribution in [0.1, 0.15) is 24.8 Å². The lowest BCUT2D eigenvalue weighted by Gasteiger charge is -2.13. The number of hydrogen-bond acceptors (Lipinski definition) is 2. The number of amides is 1. The molecule has 1 amide bonds. The van der Waals surface area contributed by atoms with Gasteiger partial charge in [0.15, 0.2) is 0 Å². The second-order valence-corrected chi connectivity index (χ2v) is 4.56. The third-order valence-electron chi connectivity index (χ3n) is 2.98. The van der Waals surface area contributed by atoms with E-state index in [1.165, 1.54) is 5.56 Å². The quantitative estimate of drug-likeness (QED) is 0.804. The third-order valence-corrected chi connectivity index (χ3v) is 2.98. The topological polar surface area (TPSA) is 41.1 Å². The Kier molecular flexibility index (Phi) is 4.56. The van der Waals surface area contributed by atoms with Crippen molar-refractivity contribution in [1.82, 2.24) is 5.43 Å². The van der Waals surface area contributed by atoms with Gasteiger partial charge in [-0.15, -0.1) is 0 Å². The van der Waals surface area contributed by atoms with Crippen LogP contribution in [0.15, 0.2) is 60.7 Å². The summed E-state index contributed by atoms with van der Waals surface area (Å²) in [5, 5.41) is 0. The van der Waals surface area contributed by atoms with Crippen molar-refractivity contribution in [2.75, 3.05) is 5.43 Å². The molecule has 2 aromatic rings. The van der Waals surface area contributed by atoms with E-state index in [-0.39, 0.29) is 11.8 Å². The molecule has 0 heterocycles. The predicted octanol–water partition coefficient (Wildman–Crippen LogP) is 3.32. The van der Waals surface area contributed by atoms with E-state index in [9.17, 15) is 4.79 Å². The van der Waals surface area contributed by atoms with Gasteiger partial charge in [0.05, 0.1) is 5.69 Å². The molecule has 1 atom stereocenters. The summed E-state index contributed by atoms with van der Waals surface area (Å²) in [6.45, 7) is 2.05. The summed E-state index contributed by atoms with van der Waals surface area (Å²) < 4.78 is 0. The Labute approximate surface area is 113 Å². The average Bonchev–Trinajstić information content (AvgIpc) is 2.47. The number of para-hydroxylation sites is 1. The van der Waals surface area contributed by atoms with Crippen molar-refractivity contribution in [3.63, 3.8) is 0 Å². The molecular formula is C16H18N2O. The Bertz CT molecular complexity index is 511. The van der Waals surface area contributed by atoms with E-state index >= 15 is 0 Å². The van der Waals surface area contributed by atoms with Gasteiger partial charge in [-0.2, -0.15) is 0 Å². The van der Waals surface area contributed by atoms with Gasteiger partial charge in [-0.25, -0.2) is 0 Å². The van der Waals surface area contributed by atoms with Crippen LogP contribution >= 0.6 is 0 Å². The molecule has 2 aromatic carbocycles. The van der Waals surface area contributed by atoms with Crippen molar-refractivity contribution < 1.29 is 4.79 Å². The van der Waals surface area contributed by atoms with Crippen LogP contribution in [-0.4, -0.2) is 5.91 Å². The van der Waals surface area contributed by atoms with Gasteiger partial charge in [-0.05, 0) is 23.6 Å². The van der Waals surface area contributed by atoms with Gasteiger partial charge in [-0.3, -0.25) is 15.6 Å². The van der Waals surface area contributed by atoms with Crippen molar-refractivity contribution in [1.29, 1.82) is 0 Å². The van der Waals surface area contributed by atoms with Crippen molar-refractivity contribution in [2.45, 2.75) is 19.3 Å². The van der Waals surface area contributed by atoms with E-state index in [1.54, 1.807) is 0 Å². The SMILES string of the molecule is C[C@@H](CC(=O)NNc1ccccc1)c1ccccc1. The zero-order chi connectivity index (χ0) is 13.5. The summed E-state index contributed by atoms with van der Waals surface area (Å²) in [6.07, 6.45) is 0.462. The molecule has 0 saturated heterocycles. The Morgan fingerprint density at radius 2 is 1.58 bits per heavy atom. The molecule has 0 spiro atoms. The van der Waals surface area contributed by atoms with E-state index in [2.05, 4.69) is 17.8 Å².